The average molecular weight is 244 g/mol. The van der Waals surface area contributed by atoms with Gasteiger partial charge in [-0.1, -0.05) is 0 Å². The van der Waals surface area contributed by atoms with Gasteiger partial charge in [0.15, 0.2) is 5.82 Å². The van der Waals surface area contributed by atoms with Crippen LogP contribution in [0.2, 0.25) is 0 Å². The summed E-state index contributed by atoms with van der Waals surface area (Å²) in [6.07, 6.45) is 1.58. The minimum absolute atomic E-state index is 0.116. The second-order valence-corrected chi connectivity index (χ2v) is 4.44. The highest BCUT2D eigenvalue weighted by Crippen LogP contribution is 2.25. The van der Waals surface area contributed by atoms with E-state index in [0.717, 1.165) is 0 Å². The Morgan fingerprint density at radius 2 is 2.35 bits per heavy atom. The molecule has 1 atom stereocenters. The number of nitrogen functional groups attached to an aromatic ring is 1. The largest absolute Gasteiger partial charge is 0.395 e. The molecule has 0 aromatic carbocycles. The van der Waals surface area contributed by atoms with Gasteiger partial charge < -0.3 is 11.1 Å². The summed E-state index contributed by atoms with van der Waals surface area (Å²) in [5.74, 6) is 0.558. The molecule has 0 saturated heterocycles. The number of hydrogen-bond acceptors (Lipinski definition) is 5. The van der Waals surface area contributed by atoms with Crippen molar-refractivity contribution in [2.75, 3.05) is 11.1 Å². The van der Waals surface area contributed by atoms with Crippen molar-refractivity contribution >= 4 is 22.8 Å². The van der Waals surface area contributed by atoms with E-state index in [-0.39, 0.29) is 6.04 Å². The van der Waals surface area contributed by atoms with Gasteiger partial charge in [0.1, 0.15) is 6.07 Å². The molecule has 1 unspecified atom stereocenters. The minimum Gasteiger partial charge on any atom is -0.395 e. The molecule has 4 nitrogen and oxygen atoms in total. The van der Waals surface area contributed by atoms with Crippen LogP contribution in [0.25, 0.3) is 0 Å². The lowest BCUT2D eigenvalue weighted by Gasteiger charge is -2.15. The second-order valence-electron chi connectivity index (χ2n) is 3.66. The van der Waals surface area contributed by atoms with Crippen molar-refractivity contribution in [3.05, 3.63) is 40.2 Å². The Balaban J connectivity index is 2.23. The number of nitrogens with zero attached hydrogens (tertiary/aromatic N) is 2. The Kier molecular flexibility index (Phi) is 3.26. The molecule has 0 amide bonds. The second kappa shape index (κ2) is 4.85. The van der Waals surface area contributed by atoms with Gasteiger partial charge in [-0.2, -0.15) is 16.6 Å². The highest BCUT2D eigenvalue weighted by Gasteiger charge is 2.10. The molecule has 2 heterocycles. The third-order valence-electron chi connectivity index (χ3n) is 2.51. The van der Waals surface area contributed by atoms with E-state index in [1.165, 1.54) is 5.56 Å². The fourth-order valence-corrected chi connectivity index (χ4v) is 2.25. The van der Waals surface area contributed by atoms with E-state index in [2.05, 4.69) is 15.7 Å². The van der Waals surface area contributed by atoms with Crippen LogP contribution in [0.3, 0.4) is 0 Å². The zero-order valence-corrected chi connectivity index (χ0v) is 10.2. The minimum atomic E-state index is 0.116. The van der Waals surface area contributed by atoms with Crippen LogP contribution in [0.1, 0.15) is 24.1 Å². The normalized spacial score (nSPS) is 11.8. The highest BCUT2D eigenvalue weighted by atomic mass is 32.1. The van der Waals surface area contributed by atoms with Crippen LogP contribution >= 0.6 is 11.3 Å². The third-order valence-corrected chi connectivity index (χ3v) is 3.21. The van der Waals surface area contributed by atoms with Crippen LogP contribution in [-0.4, -0.2) is 4.98 Å². The summed E-state index contributed by atoms with van der Waals surface area (Å²) in [6, 6.07) is 5.81. The maximum atomic E-state index is 8.88. The van der Waals surface area contributed by atoms with Crippen molar-refractivity contribution in [1.29, 1.82) is 5.26 Å². The fraction of sp³-hybridized carbons (Fsp3) is 0.167. The van der Waals surface area contributed by atoms with Crippen molar-refractivity contribution in [3.63, 3.8) is 0 Å². The fourth-order valence-electron chi connectivity index (χ4n) is 1.50. The molecule has 0 spiro atoms. The van der Waals surface area contributed by atoms with Crippen LogP contribution in [0.15, 0.2) is 29.1 Å². The number of nitrogens with one attached hydrogen (secondary N) is 1. The lowest BCUT2D eigenvalue weighted by atomic mass is 10.1. The van der Waals surface area contributed by atoms with Gasteiger partial charge in [-0.05, 0) is 35.4 Å². The monoisotopic (exact) mass is 244 g/mol. The Labute approximate surface area is 104 Å². The zero-order valence-electron chi connectivity index (χ0n) is 9.34. The Morgan fingerprint density at radius 3 is 3.00 bits per heavy atom. The van der Waals surface area contributed by atoms with Crippen LogP contribution in [0.4, 0.5) is 11.5 Å². The van der Waals surface area contributed by atoms with Gasteiger partial charge in [-0.15, -0.1) is 0 Å². The molecule has 0 fully saturated rings. The summed E-state index contributed by atoms with van der Waals surface area (Å²) in [4.78, 5) is 4.15. The van der Waals surface area contributed by atoms with Gasteiger partial charge in [-0.3, -0.25) is 0 Å². The molecule has 2 aromatic heterocycles. The lowest BCUT2D eigenvalue weighted by molar-refractivity contribution is 0.881. The number of hydrogen-bond donors (Lipinski definition) is 2. The van der Waals surface area contributed by atoms with E-state index < -0.39 is 0 Å². The van der Waals surface area contributed by atoms with E-state index in [1.807, 2.05) is 24.4 Å². The summed E-state index contributed by atoms with van der Waals surface area (Å²) >= 11 is 1.65. The van der Waals surface area contributed by atoms with E-state index in [9.17, 15) is 0 Å². The summed E-state index contributed by atoms with van der Waals surface area (Å²) in [5.41, 5.74) is 7.87. The number of pyridine rings is 1. The Bertz CT molecular complexity index is 542. The molecular weight excluding hydrogens is 232 g/mol. The quantitative estimate of drug-likeness (QED) is 0.870. The molecule has 2 aromatic rings. The molecule has 86 valence electrons. The van der Waals surface area contributed by atoms with Gasteiger partial charge in [0.25, 0.3) is 0 Å². The van der Waals surface area contributed by atoms with Crippen molar-refractivity contribution in [1.82, 2.24) is 4.98 Å². The first-order valence-electron chi connectivity index (χ1n) is 5.15. The van der Waals surface area contributed by atoms with E-state index >= 15 is 0 Å². The van der Waals surface area contributed by atoms with Gasteiger partial charge in [0, 0.05) is 6.20 Å². The van der Waals surface area contributed by atoms with E-state index in [1.54, 1.807) is 23.6 Å². The molecule has 5 heteroatoms. The lowest BCUT2D eigenvalue weighted by Crippen LogP contribution is -2.09. The molecule has 0 aliphatic rings. The van der Waals surface area contributed by atoms with Crippen molar-refractivity contribution in [2.45, 2.75) is 13.0 Å². The van der Waals surface area contributed by atoms with Gasteiger partial charge in [-0.25, -0.2) is 4.98 Å². The first-order valence-corrected chi connectivity index (χ1v) is 6.10. The highest BCUT2D eigenvalue weighted by molar-refractivity contribution is 7.07. The van der Waals surface area contributed by atoms with Crippen molar-refractivity contribution in [3.8, 4) is 6.07 Å². The third kappa shape index (κ3) is 2.37. The molecule has 0 bridgehead atoms. The molecular formula is C12H12N4S. The van der Waals surface area contributed by atoms with Gasteiger partial charge in [0.2, 0.25) is 0 Å². The molecule has 0 aliphatic heterocycles. The zero-order chi connectivity index (χ0) is 12.3. The molecule has 0 saturated carbocycles. The summed E-state index contributed by atoms with van der Waals surface area (Å²) in [6.45, 7) is 2.03. The maximum absolute atomic E-state index is 8.88. The number of thiophene rings is 1. The number of nitrogens with two attached hydrogens (primary N) is 1. The topological polar surface area (TPSA) is 74.7 Å². The molecule has 3 N–H and O–H groups in total. The average Bonchev–Trinajstić information content (AvgIpc) is 2.85. The molecule has 0 aliphatic carbocycles. The predicted molar refractivity (Wildman–Crippen MR) is 69.7 cm³/mol. The van der Waals surface area contributed by atoms with Gasteiger partial charge in [0.05, 0.1) is 17.3 Å². The molecule has 0 radical (unpaired) electrons. The first kappa shape index (κ1) is 11.4. The standard InChI is InChI=1S/C12H12N4S/c1-8(10-3-5-17-7-10)16-12-11(14)9(6-13)2-4-15-12/h2-5,7-8H,14H2,1H3,(H,15,16). The number of nitriles is 1. The van der Waals surface area contributed by atoms with Gasteiger partial charge >= 0.3 is 0 Å². The number of aromatic nitrogens is 1. The maximum Gasteiger partial charge on any atom is 0.151 e. The number of rotatable bonds is 3. The van der Waals surface area contributed by atoms with Crippen LogP contribution in [-0.2, 0) is 0 Å². The molecule has 2 rings (SSSR count). The molecule has 17 heavy (non-hydrogen) atoms. The van der Waals surface area contributed by atoms with Crippen molar-refractivity contribution in [2.24, 2.45) is 0 Å². The number of anilines is 2. The predicted octanol–water partition coefficient (Wildman–Crippen LogP) is 2.77. The SMILES string of the molecule is CC(Nc1nccc(C#N)c1N)c1ccsc1. The smallest absolute Gasteiger partial charge is 0.151 e. The van der Waals surface area contributed by atoms with Crippen LogP contribution in [0.5, 0.6) is 0 Å². The first-order chi connectivity index (χ1) is 8.22. The van der Waals surface area contributed by atoms with Crippen LogP contribution < -0.4 is 11.1 Å². The Morgan fingerprint density at radius 1 is 1.53 bits per heavy atom. The summed E-state index contributed by atoms with van der Waals surface area (Å²) in [5, 5.41) is 16.2. The summed E-state index contributed by atoms with van der Waals surface area (Å²) < 4.78 is 0. The summed E-state index contributed by atoms with van der Waals surface area (Å²) in [7, 11) is 0. The van der Waals surface area contributed by atoms with Crippen LogP contribution in [0, 0.1) is 11.3 Å². The van der Waals surface area contributed by atoms with E-state index in [4.69, 9.17) is 11.0 Å². The van der Waals surface area contributed by atoms with Crippen molar-refractivity contribution < 1.29 is 0 Å². The van der Waals surface area contributed by atoms with E-state index in [0.29, 0.717) is 17.1 Å². The Hall–Kier alpha value is -2.06.